The first-order chi connectivity index (χ1) is 6.31. The Hall–Kier alpha value is -1.07. The fraction of sp³-hybridized carbons (Fsp3) is 0.714. The predicted molar refractivity (Wildman–Crippen MR) is 44.8 cm³/mol. The summed E-state index contributed by atoms with van der Waals surface area (Å²) in [6.07, 6.45) is 2.32. The third-order valence-corrected chi connectivity index (χ3v) is 1.75. The second-order valence-electron chi connectivity index (χ2n) is 2.54. The fourth-order valence-electron chi connectivity index (χ4n) is 1.08. The largest absolute Gasteiger partial charge is 0.394 e. The smallest absolute Gasteiger partial charge is 0.176 e. The van der Waals surface area contributed by atoms with Crippen molar-refractivity contribution in [2.45, 2.75) is 18.4 Å². The minimum absolute atomic E-state index is 0.201. The molecule has 0 aromatic carbocycles. The molecule has 0 aliphatic carbocycles. The highest BCUT2D eigenvalue weighted by molar-refractivity contribution is 5.03. The molecule has 6 nitrogen and oxygen atoms in total. The molecule has 1 rings (SSSR count). The van der Waals surface area contributed by atoms with Gasteiger partial charge in [-0.2, -0.15) is 0 Å². The Balaban J connectivity index is 2.69. The molecule has 1 heterocycles. The zero-order chi connectivity index (χ0) is 9.68. The molecular weight excluding hydrogens is 174 g/mol. The molecule has 0 radical (unpaired) electrons. The van der Waals surface area contributed by atoms with Crippen LogP contribution in [-0.4, -0.2) is 37.3 Å². The van der Waals surface area contributed by atoms with Crippen molar-refractivity contribution in [2.24, 2.45) is 5.11 Å². The molecule has 0 saturated carbocycles. The van der Waals surface area contributed by atoms with Gasteiger partial charge < -0.3 is 14.6 Å². The second kappa shape index (κ2) is 4.84. The molecule has 1 aliphatic heterocycles. The predicted octanol–water partition coefficient (Wildman–Crippen LogP) is 0.585. The van der Waals surface area contributed by atoms with E-state index in [4.69, 9.17) is 20.1 Å². The van der Waals surface area contributed by atoms with Gasteiger partial charge in [0.1, 0.15) is 0 Å². The summed E-state index contributed by atoms with van der Waals surface area (Å²) < 4.78 is 10.1. The van der Waals surface area contributed by atoms with Crippen LogP contribution < -0.4 is 0 Å². The van der Waals surface area contributed by atoms with Crippen molar-refractivity contribution in [3.63, 3.8) is 0 Å². The van der Waals surface area contributed by atoms with E-state index in [2.05, 4.69) is 10.0 Å². The van der Waals surface area contributed by atoms with Crippen LogP contribution in [0.1, 0.15) is 0 Å². The van der Waals surface area contributed by atoms with Crippen molar-refractivity contribution < 1.29 is 14.6 Å². The average molecular weight is 185 g/mol. The Morgan fingerprint density at radius 2 is 2.46 bits per heavy atom. The molecule has 1 aliphatic rings. The lowest BCUT2D eigenvalue weighted by Gasteiger charge is -2.27. The molecule has 0 aromatic heterocycles. The van der Waals surface area contributed by atoms with Crippen molar-refractivity contribution >= 4 is 0 Å². The van der Waals surface area contributed by atoms with Crippen LogP contribution in [0.25, 0.3) is 10.4 Å². The van der Waals surface area contributed by atoms with Gasteiger partial charge in [0.2, 0.25) is 0 Å². The molecule has 0 spiro atoms. The van der Waals surface area contributed by atoms with Gasteiger partial charge in [-0.05, 0) is 11.6 Å². The van der Waals surface area contributed by atoms with Crippen molar-refractivity contribution in [1.29, 1.82) is 0 Å². The molecule has 13 heavy (non-hydrogen) atoms. The van der Waals surface area contributed by atoms with Crippen LogP contribution in [0.15, 0.2) is 17.3 Å². The molecule has 3 atom stereocenters. The van der Waals surface area contributed by atoms with Crippen molar-refractivity contribution in [1.82, 2.24) is 0 Å². The van der Waals surface area contributed by atoms with Crippen molar-refractivity contribution in [3.05, 3.63) is 22.6 Å². The van der Waals surface area contributed by atoms with E-state index >= 15 is 0 Å². The SMILES string of the molecule is COC1C=CC(N=[N+]=[N-])C(CO)O1. The average Bonchev–Trinajstić information content (AvgIpc) is 2.19. The standard InChI is InChI=1S/C7H11N3O3/c1-12-7-3-2-5(9-10-8)6(4-11)13-7/h2-3,5-7,11H,4H2,1H3. The first-order valence-corrected chi connectivity index (χ1v) is 3.83. The second-order valence-corrected chi connectivity index (χ2v) is 2.54. The molecule has 6 heteroatoms. The zero-order valence-electron chi connectivity index (χ0n) is 7.20. The lowest BCUT2D eigenvalue weighted by atomic mass is 10.1. The maximum atomic E-state index is 8.90. The van der Waals surface area contributed by atoms with E-state index in [0.29, 0.717) is 0 Å². The molecular formula is C7H11N3O3. The van der Waals surface area contributed by atoms with E-state index in [0.717, 1.165) is 0 Å². The third kappa shape index (κ3) is 2.43. The van der Waals surface area contributed by atoms with Gasteiger partial charge in [0.25, 0.3) is 0 Å². The summed E-state index contributed by atoms with van der Waals surface area (Å²) in [7, 11) is 1.50. The maximum absolute atomic E-state index is 8.90. The lowest BCUT2D eigenvalue weighted by Crippen LogP contribution is -2.37. The molecule has 0 fully saturated rings. The topological polar surface area (TPSA) is 87.5 Å². The number of nitrogens with zero attached hydrogens (tertiary/aromatic N) is 3. The minimum atomic E-state index is -0.522. The summed E-state index contributed by atoms with van der Waals surface area (Å²) in [6, 6.07) is -0.457. The Morgan fingerprint density at radius 1 is 1.69 bits per heavy atom. The Morgan fingerprint density at radius 3 is 3.00 bits per heavy atom. The normalized spacial score (nSPS) is 32.6. The third-order valence-electron chi connectivity index (χ3n) is 1.75. The number of hydrogen-bond acceptors (Lipinski definition) is 4. The van der Waals surface area contributed by atoms with Crippen LogP contribution in [0, 0.1) is 0 Å². The molecule has 0 bridgehead atoms. The van der Waals surface area contributed by atoms with Gasteiger partial charge in [0.15, 0.2) is 6.29 Å². The number of ether oxygens (including phenoxy) is 2. The van der Waals surface area contributed by atoms with Crippen LogP contribution in [0.2, 0.25) is 0 Å². The number of aliphatic hydroxyl groups excluding tert-OH is 1. The summed E-state index contributed by atoms with van der Waals surface area (Å²) in [5, 5.41) is 12.4. The van der Waals surface area contributed by atoms with E-state index in [1.54, 1.807) is 12.2 Å². The van der Waals surface area contributed by atoms with Crippen LogP contribution in [-0.2, 0) is 9.47 Å². The van der Waals surface area contributed by atoms with Gasteiger partial charge in [0, 0.05) is 12.0 Å². The highest BCUT2D eigenvalue weighted by atomic mass is 16.7. The quantitative estimate of drug-likeness (QED) is 0.302. The van der Waals surface area contributed by atoms with Crippen LogP contribution in [0.3, 0.4) is 0 Å². The summed E-state index contributed by atoms with van der Waals surface area (Å²) in [5.74, 6) is 0. The van der Waals surface area contributed by atoms with Gasteiger partial charge in [-0.15, -0.1) is 0 Å². The zero-order valence-corrected chi connectivity index (χ0v) is 7.20. The Bertz CT molecular complexity index is 237. The first kappa shape index (κ1) is 10.0. The molecule has 72 valence electrons. The van der Waals surface area contributed by atoms with Gasteiger partial charge in [-0.3, -0.25) is 0 Å². The van der Waals surface area contributed by atoms with Gasteiger partial charge >= 0.3 is 0 Å². The summed E-state index contributed by atoms with van der Waals surface area (Å²) in [6.45, 7) is -0.201. The number of hydrogen-bond donors (Lipinski definition) is 1. The fourth-order valence-corrected chi connectivity index (χ4v) is 1.08. The highest BCUT2D eigenvalue weighted by Crippen LogP contribution is 2.15. The Kier molecular flexibility index (Phi) is 3.72. The van der Waals surface area contributed by atoms with Gasteiger partial charge in [-0.1, -0.05) is 11.2 Å². The molecule has 1 N–H and O–H groups in total. The summed E-state index contributed by atoms with van der Waals surface area (Å²) in [4.78, 5) is 2.65. The summed E-state index contributed by atoms with van der Waals surface area (Å²) in [5.41, 5.74) is 8.21. The summed E-state index contributed by atoms with van der Waals surface area (Å²) >= 11 is 0. The van der Waals surface area contributed by atoms with Gasteiger partial charge in [0.05, 0.1) is 18.8 Å². The van der Waals surface area contributed by atoms with E-state index in [1.807, 2.05) is 0 Å². The van der Waals surface area contributed by atoms with Crippen LogP contribution in [0.5, 0.6) is 0 Å². The van der Waals surface area contributed by atoms with E-state index in [-0.39, 0.29) is 6.61 Å². The number of azide groups is 1. The lowest BCUT2D eigenvalue weighted by molar-refractivity contribution is -0.146. The van der Waals surface area contributed by atoms with E-state index in [1.165, 1.54) is 7.11 Å². The highest BCUT2D eigenvalue weighted by Gasteiger charge is 2.25. The van der Waals surface area contributed by atoms with Crippen LogP contribution in [0.4, 0.5) is 0 Å². The first-order valence-electron chi connectivity index (χ1n) is 3.83. The molecule has 0 saturated heterocycles. The molecule has 0 aromatic rings. The van der Waals surface area contributed by atoms with Crippen molar-refractivity contribution in [2.75, 3.05) is 13.7 Å². The molecule has 0 amide bonds. The van der Waals surface area contributed by atoms with Crippen LogP contribution >= 0.6 is 0 Å². The molecule has 3 unspecified atom stereocenters. The number of methoxy groups -OCH3 is 1. The number of rotatable bonds is 3. The van der Waals surface area contributed by atoms with Crippen molar-refractivity contribution in [3.8, 4) is 0 Å². The van der Waals surface area contributed by atoms with Gasteiger partial charge in [-0.25, -0.2) is 0 Å². The monoisotopic (exact) mass is 185 g/mol. The Labute approximate surface area is 75.4 Å². The van der Waals surface area contributed by atoms with E-state index in [9.17, 15) is 0 Å². The minimum Gasteiger partial charge on any atom is -0.394 e. The number of aliphatic hydroxyl groups is 1. The maximum Gasteiger partial charge on any atom is 0.176 e. The van der Waals surface area contributed by atoms with E-state index < -0.39 is 18.4 Å².